The highest BCUT2D eigenvalue weighted by Crippen LogP contribution is 2.06. The predicted molar refractivity (Wildman–Crippen MR) is 72.2 cm³/mol. The van der Waals surface area contributed by atoms with E-state index in [2.05, 4.69) is 10.6 Å². The molecule has 1 rings (SSSR count). The van der Waals surface area contributed by atoms with E-state index in [4.69, 9.17) is 0 Å². The molecule has 4 nitrogen and oxygen atoms in total. The Balaban J connectivity index is 2.45. The number of benzene rings is 1. The minimum Gasteiger partial charge on any atom is -0.356 e. The van der Waals surface area contributed by atoms with Crippen molar-refractivity contribution in [2.45, 2.75) is 13.3 Å². The zero-order chi connectivity index (χ0) is 13.4. The number of hydrogen-bond acceptors (Lipinski definition) is 2. The average molecular weight is 246 g/mol. The van der Waals surface area contributed by atoms with Crippen molar-refractivity contribution in [3.8, 4) is 0 Å². The molecule has 0 spiro atoms. The molecule has 0 radical (unpaired) electrons. The lowest BCUT2D eigenvalue weighted by Gasteiger charge is -2.00. The van der Waals surface area contributed by atoms with E-state index in [0.29, 0.717) is 12.1 Å². The molecule has 18 heavy (non-hydrogen) atoms. The molecule has 0 aromatic heterocycles. The van der Waals surface area contributed by atoms with Gasteiger partial charge in [0, 0.05) is 26.1 Å². The molecule has 0 saturated carbocycles. The van der Waals surface area contributed by atoms with Crippen molar-refractivity contribution < 1.29 is 9.59 Å². The number of amides is 2. The molecular weight excluding hydrogens is 228 g/mol. The van der Waals surface area contributed by atoms with E-state index >= 15 is 0 Å². The summed E-state index contributed by atoms with van der Waals surface area (Å²) in [5.41, 5.74) is 1.68. The quantitative estimate of drug-likeness (QED) is 0.775. The van der Waals surface area contributed by atoms with Crippen molar-refractivity contribution >= 4 is 17.9 Å². The highest BCUT2D eigenvalue weighted by atomic mass is 16.2. The zero-order valence-electron chi connectivity index (χ0n) is 10.7. The number of hydrogen-bond donors (Lipinski definition) is 2. The third-order valence-electron chi connectivity index (χ3n) is 2.40. The van der Waals surface area contributed by atoms with Gasteiger partial charge in [-0.25, -0.2) is 0 Å². The van der Waals surface area contributed by atoms with Gasteiger partial charge in [-0.15, -0.1) is 0 Å². The van der Waals surface area contributed by atoms with Gasteiger partial charge in [0.05, 0.1) is 0 Å². The first-order valence-electron chi connectivity index (χ1n) is 5.86. The van der Waals surface area contributed by atoms with Gasteiger partial charge >= 0.3 is 0 Å². The summed E-state index contributed by atoms with van der Waals surface area (Å²) in [6.07, 6.45) is 4.75. The average Bonchev–Trinajstić information content (AvgIpc) is 2.38. The number of carbonyl (C=O) groups excluding carboxylic acids is 2. The summed E-state index contributed by atoms with van der Waals surface area (Å²) < 4.78 is 0. The van der Waals surface area contributed by atoms with E-state index in [-0.39, 0.29) is 11.8 Å². The molecular formula is C14H18N2O2. The van der Waals surface area contributed by atoms with Gasteiger partial charge in [0.15, 0.2) is 0 Å². The lowest BCUT2D eigenvalue weighted by molar-refractivity contribution is -0.118. The molecule has 4 heteroatoms. The van der Waals surface area contributed by atoms with Crippen LogP contribution in [-0.4, -0.2) is 25.4 Å². The fourth-order valence-corrected chi connectivity index (χ4v) is 1.44. The Morgan fingerprint density at radius 2 is 1.89 bits per heavy atom. The summed E-state index contributed by atoms with van der Waals surface area (Å²) in [6, 6.07) is 7.34. The Hall–Kier alpha value is -2.10. The molecule has 0 unspecified atom stereocenters. The maximum Gasteiger partial charge on any atom is 0.251 e. The highest BCUT2D eigenvalue weighted by Gasteiger charge is 2.00. The molecule has 0 aliphatic heterocycles. The summed E-state index contributed by atoms with van der Waals surface area (Å²) >= 11 is 0. The van der Waals surface area contributed by atoms with E-state index in [1.807, 2.05) is 24.3 Å². The van der Waals surface area contributed by atoms with Crippen molar-refractivity contribution in [3.63, 3.8) is 0 Å². The summed E-state index contributed by atoms with van der Waals surface area (Å²) in [7, 11) is 1.61. The molecule has 0 heterocycles. The molecule has 0 fully saturated rings. The largest absolute Gasteiger partial charge is 0.356 e. The second-order valence-electron chi connectivity index (χ2n) is 3.88. The molecule has 0 aliphatic carbocycles. The molecule has 2 N–H and O–H groups in total. The first-order valence-corrected chi connectivity index (χ1v) is 5.86. The highest BCUT2D eigenvalue weighted by molar-refractivity contribution is 5.94. The van der Waals surface area contributed by atoms with Gasteiger partial charge in [-0.05, 0) is 24.1 Å². The van der Waals surface area contributed by atoms with Crippen molar-refractivity contribution in [1.29, 1.82) is 0 Å². The van der Waals surface area contributed by atoms with Gasteiger partial charge in [0.2, 0.25) is 5.91 Å². The molecule has 0 bridgehead atoms. The fraction of sp³-hybridized carbons (Fsp3) is 0.286. The third-order valence-corrected chi connectivity index (χ3v) is 2.40. The van der Waals surface area contributed by atoms with E-state index in [1.165, 1.54) is 6.92 Å². The molecule has 0 saturated heterocycles. The second kappa shape index (κ2) is 7.27. The van der Waals surface area contributed by atoms with Crippen LogP contribution in [0.2, 0.25) is 0 Å². The lowest BCUT2D eigenvalue weighted by atomic mass is 10.1. The molecule has 1 aromatic rings. The van der Waals surface area contributed by atoms with Gasteiger partial charge in [0.25, 0.3) is 5.91 Å². The monoisotopic (exact) mass is 246 g/mol. The number of rotatable bonds is 5. The lowest BCUT2D eigenvalue weighted by Crippen LogP contribution is -2.20. The Morgan fingerprint density at radius 1 is 1.22 bits per heavy atom. The number of carbonyl (C=O) groups is 2. The van der Waals surface area contributed by atoms with Crippen LogP contribution >= 0.6 is 0 Å². The first-order chi connectivity index (χ1) is 8.63. The van der Waals surface area contributed by atoms with Crippen LogP contribution in [0.1, 0.15) is 29.3 Å². The van der Waals surface area contributed by atoms with Crippen molar-refractivity contribution in [3.05, 3.63) is 41.5 Å². The van der Waals surface area contributed by atoms with Crippen molar-refractivity contribution in [1.82, 2.24) is 10.6 Å². The summed E-state index contributed by atoms with van der Waals surface area (Å²) in [6.45, 7) is 2.14. The molecule has 0 atom stereocenters. The van der Waals surface area contributed by atoms with Crippen LogP contribution in [0.4, 0.5) is 0 Å². The van der Waals surface area contributed by atoms with E-state index in [0.717, 1.165) is 12.0 Å². The normalized spacial score (nSPS) is 10.3. The summed E-state index contributed by atoms with van der Waals surface area (Å²) in [5, 5.41) is 5.29. The van der Waals surface area contributed by atoms with Crippen LogP contribution in [0.15, 0.2) is 30.3 Å². The van der Waals surface area contributed by atoms with Gasteiger partial charge in [0.1, 0.15) is 0 Å². The van der Waals surface area contributed by atoms with Crippen LogP contribution in [0.25, 0.3) is 6.08 Å². The Kier molecular flexibility index (Phi) is 5.64. The smallest absolute Gasteiger partial charge is 0.251 e. The molecule has 96 valence electrons. The minimum atomic E-state index is -0.0869. The zero-order valence-corrected chi connectivity index (χ0v) is 10.7. The van der Waals surface area contributed by atoms with Gasteiger partial charge < -0.3 is 10.6 Å². The number of nitrogens with one attached hydrogen (secondary N) is 2. The minimum absolute atomic E-state index is 0.0154. The van der Waals surface area contributed by atoms with Crippen LogP contribution in [0.3, 0.4) is 0 Å². The Morgan fingerprint density at radius 3 is 2.44 bits per heavy atom. The predicted octanol–water partition coefficient (Wildman–Crippen LogP) is 1.59. The van der Waals surface area contributed by atoms with Gasteiger partial charge in [-0.2, -0.15) is 0 Å². The molecule has 2 amide bonds. The fourth-order valence-electron chi connectivity index (χ4n) is 1.44. The van der Waals surface area contributed by atoms with Crippen LogP contribution in [0, 0.1) is 0 Å². The van der Waals surface area contributed by atoms with Crippen LogP contribution in [-0.2, 0) is 4.79 Å². The molecule has 1 aromatic carbocycles. The summed E-state index contributed by atoms with van der Waals surface area (Å²) in [5.74, 6) is -0.102. The van der Waals surface area contributed by atoms with E-state index in [1.54, 1.807) is 19.2 Å². The topological polar surface area (TPSA) is 58.2 Å². The summed E-state index contributed by atoms with van der Waals surface area (Å²) in [4.78, 5) is 22.0. The van der Waals surface area contributed by atoms with E-state index in [9.17, 15) is 9.59 Å². The van der Waals surface area contributed by atoms with Gasteiger partial charge in [-0.1, -0.05) is 24.3 Å². The van der Waals surface area contributed by atoms with Crippen molar-refractivity contribution in [2.75, 3.05) is 13.6 Å². The van der Waals surface area contributed by atoms with E-state index < -0.39 is 0 Å². The standard InChI is InChI=1S/C14H18N2O2/c1-11(17)16-10-4-3-5-12-6-8-13(9-7-12)14(18)15-2/h3,5-9H,4,10H2,1-2H3,(H,15,18)(H,16,17). The second-order valence-corrected chi connectivity index (χ2v) is 3.88. The Labute approximate surface area is 107 Å². The van der Waals surface area contributed by atoms with Crippen LogP contribution < -0.4 is 10.6 Å². The first kappa shape index (κ1) is 14.0. The SMILES string of the molecule is CNC(=O)c1ccc(C=CCCNC(C)=O)cc1. The van der Waals surface area contributed by atoms with Crippen LogP contribution in [0.5, 0.6) is 0 Å². The maximum absolute atomic E-state index is 11.3. The van der Waals surface area contributed by atoms with Crippen molar-refractivity contribution in [2.24, 2.45) is 0 Å². The Bertz CT molecular complexity index is 436. The third kappa shape index (κ3) is 4.82. The molecule has 0 aliphatic rings. The van der Waals surface area contributed by atoms with Gasteiger partial charge in [-0.3, -0.25) is 9.59 Å². The maximum atomic E-state index is 11.3.